The van der Waals surface area contributed by atoms with Crippen molar-refractivity contribution in [1.82, 2.24) is 0 Å². The van der Waals surface area contributed by atoms with E-state index in [1.54, 1.807) is 31.4 Å². The van der Waals surface area contributed by atoms with E-state index in [1.165, 1.54) is 0 Å². The maximum Gasteiger partial charge on any atom is 0.118 e. The molecule has 74 valence electrons. The summed E-state index contributed by atoms with van der Waals surface area (Å²) in [6.45, 7) is 0.242. The largest absolute Gasteiger partial charge is 0.497 e. The third kappa shape index (κ3) is 3.22. The van der Waals surface area contributed by atoms with E-state index in [9.17, 15) is 5.11 Å². The Kier molecular flexibility index (Phi) is 5.46. The van der Waals surface area contributed by atoms with Crippen LogP contribution in [0.15, 0.2) is 24.3 Å². The highest BCUT2D eigenvalue weighted by Crippen LogP contribution is 2.16. The Morgan fingerprint density at radius 2 is 1.92 bits per heavy atom. The maximum absolute atomic E-state index is 9.33. The molecule has 0 fully saturated rings. The molecular weight excluding hydrogens is 190 g/mol. The van der Waals surface area contributed by atoms with Gasteiger partial charge in [0.25, 0.3) is 0 Å². The molecule has 0 amide bonds. The number of aliphatic hydroxyl groups is 1. The molecule has 0 aliphatic rings. The van der Waals surface area contributed by atoms with Crippen LogP contribution in [0, 0.1) is 0 Å². The van der Waals surface area contributed by atoms with E-state index in [0.29, 0.717) is 0 Å². The minimum atomic E-state index is -0.573. The number of methoxy groups -OCH3 is 1. The normalized spacial score (nSPS) is 11.6. The lowest BCUT2D eigenvalue weighted by atomic mass is 10.1. The molecule has 0 spiro atoms. The van der Waals surface area contributed by atoms with Crippen molar-refractivity contribution >= 4 is 12.4 Å². The highest BCUT2D eigenvalue weighted by Gasteiger charge is 2.03. The maximum atomic E-state index is 9.33. The number of hydrogen-bond acceptors (Lipinski definition) is 3. The number of rotatable bonds is 3. The minimum absolute atomic E-state index is 0. The van der Waals surface area contributed by atoms with Gasteiger partial charge in [-0.3, -0.25) is 0 Å². The third-order valence-electron chi connectivity index (χ3n) is 1.72. The van der Waals surface area contributed by atoms with Crippen LogP contribution in [0.25, 0.3) is 0 Å². The quantitative estimate of drug-likeness (QED) is 0.774. The zero-order valence-electron chi connectivity index (χ0n) is 7.43. The fourth-order valence-electron chi connectivity index (χ4n) is 0.962. The van der Waals surface area contributed by atoms with Gasteiger partial charge in [-0.15, -0.1) is 12.4 Å². The first-order valence-corrected chi connectivity index (χ1v) is 3.80. The van der Waals surface area contributed by atoms with E-state index >= 15 is 0 Å². The Balaban J connectivity index is 0.00000144. The van der Waals surface area contributed by atoms with Crippen molar-refractivity contribution in [2.45, 2.75) is 6.10 Å². The molecule has 1 rings (SSSR count). The second kappa shape index (κ2) is 5.80. The molecule has 4 heteroatoms. The van der Waals surface area contributed by atoms with Crippen molar-refractivity contribution in [1.29, 1.82) is 0 Å². The van der Waals surface area contributed by atoms with E-state index in [2.05, 4.69) is 0 Å². The SMILES string of the molecule is COc1ccc(C(O)CN)cc1.Cl. The molecule has 1 aromatic rings. The summed E-state index contributed by atoms with van der Waals surface area (Å²) in [5.74, 6) is 0.781. The standard InChI is InChI=1S/C9H13NO2.ClH/c1-12-8-4-2-7(3-5-8)9(11)6-10;/h2-5,9,11H,6,10H2,1H3;1H. The highest BCUT2D eigenvalue weighted by molar-refractivity contribution is 5.85. The monoisotopic (exact) mass is 203 g/mol. The van der Waals surface area contributed by atoms with Gasteiger partial charge in [-0.25, -0.2) is 0 Å². The van der Waals surface area contributed by atoms with Gasteiger partial charge >= 0.3 is 0 Å². The lowest BCUT2D eigenvalue weighted by Crippen LogP contribution is -2.11. The molecule has 0 bridgehead atoms. The second-order valence-corrected chi connectivity index (χ2v) is 2.52. The van der Waals surface area contributed by atoms with Crippen molar-refractivity contribution in [2.75, 3.05) is 13.7 Å². The van der Waals surface area contributed by atoms with Gasteiger partial charge in [0.2, 0.25) is 0 Å². The van der Waals surface area contributed by atoms with E-state index in [4.69, 9.17) is 10.5 Å². The summed E-state index contributed by atoms with van der Waals surface area (Å²) in [6, 6.07) is 7.20. The smallest absolute Gasteiger partial charge is 0.118 e. The molecular formula is C9H14ClNO2. The summed E-state index contributed by atoms with van der Waals surface area (Å²) in [5.41, 5.74) is 6.11. The molecule has 0 saturated carbocycles. The van der Waals surface area contributed by atoms with Crippen molar-refractivity contribution in [3.63, 3.8) is 0 Å². The van der Waals surface area contributed by atoms with Gasteiger partial charge in [0.05, 0.1) is 13.2 Å². The number of halogens is 1. The summed E-state index contributed by atoms with van der Waals surface area (Å²) >= 11 is 0. The number of hydrogen-bond donors (Lipinski definition) is 2. The highest BCUT2D eigenvalue weighted by atomic mass is 35.5. The van der Waals surface area contributed by atoms with Gasteiger partial charge in [0, 0.05) is 6.54 Å². The second-order valence-electron chi connectivity index (χ2n) is 2.52. The summed E-state index contributed by atoms with van der Waals surface area (Å²) in [4.78, 5) is 0. The Morgan fingerprint density at radius 3 is 2.31 bits per heavy atom. The summed E-state index contributed by atoms with van der Waals surface area (Å²) in [7, 11) is 1.61. The van der Waals surface area contributed by atoms with Crippen molar-refractivity contribution in [2.24, 2.45) is 5.73 Å². The van der Waals surface area contributed by atoms with E-state index in [0.717, 1.165) is 11.3 Å². The van der Waals surface area contributed by atoms with Gasteiger partial charge in [-0.2, -0.15) is 0 Å². The third-order valence-corrected chi connectivity index (χ3v) is 1.72. The Labute approximate surface area is 83.9 Å². The fraction of sp³-hybridized carbons (Fsp3) is 0.333. The predicted octanol–water partition coefficient (Wildman–Crippen LogP) is 1.11. The average Bonchev–Trinajstić information content (AvgIpc) is 2.17. The van der Waals surface area contributed by atoms with Crippen LogP contribution in [-0.4, -0.2) is 18.8 Å². The molecule has 1 unspecified atom stereocenters. The first kappa shape index (κ1) is 12.2. The van der Waals surface area contributed by atoms with Gasteiger partial charge in [0.15, 0.2) is 0 Å². The molecule has 0 heterocycles. The van der Waals surface area contributed by atoms with Crippen LogP contribution >= 0.6 is 12.4 Å². The molecule has 0 saturated heterocycles. The average molecular weight is 204 g/mol. The number of aliphatic hydroxyl groups excluding tert-OH is 1. The number of nitrogens with two attached hydrogens (primary N) is 1. The molecule has 1 atom stereocenters. The molecule has 0 aliphatic carbocycles. The van der Waals surface area contributed by atoms with E-state index in [-0.39, 0.29) is 19.0 Å². The number of benzene rings is 1. The van der Waals surface area contributed by atoms with Crippen molar-refractivity contribution in [3.8, 4) is 5.75 Å². The molecule has 0 aromatic heterocycles. The van der Waals surface area contributed by atoms with Gasteiger partial charge in [-0.05, 0) is 17.7 Å². The molecule has 3 N–H and O–H groups in total. The van der Waals surface area contributed by atoms with Crippen LogP contribution in [0.5, 0.6) is 5.75 Å². The minimum Gasteiger partial charge on any atom is -0.497 e. The summed E-state index contributed by atoms with van der Waals surface area (Å²) < 4.78 is 4.97. The van der Waals surface area contributed by atoms with Crippen LogP contribution in [0.4, 0.5) is 0 Å². The van der Waals surface area contributed by atoms with Gasteiger partial charge < -0.3 is 15.6 Å². The Hall–Kier alpha value is -0.770. The molecule has 3 nitrogen and oxygen atoms in total. The van der Waals surface area contributed by atoms with Gasteiger partial charge in [-0.1, -0.05) is 12.1 Å². The van der Waals surface area contributed by atoms with Gasteiger partial charge in [0.1, 0.15) is 5.75 Å². The Bertz CT molecular complexity index is 238. The molecule has 13 heavy (non-hydrogen) atoms. The zero-order valence-corrected chi connectivity index (χ0v) is 8.25. The zero-order chi connectivity index (χ0) is 8.97. The first-order chi connectivity index (χ1) is 5.77. The molecule has 1 aromatic carbocycles. The predicted molar refractivity (Wildman–Crippen MR) is 54.3 cm³/mol. The fourth-order valence-corrected chi connectivity index (χ4v) is 0.962. The lowest BCUT2D eigenvalue weighted by Gasteiger charge is -2.07. The van der Waals surface area contributed by atoms with Crippen LogP contribution in [0.3, 0.4) is 0 Å². The lowest BCUT2D eigenvalue weighted by molar-refractivity contribution is 0.186. The van der Waals surface area contributed by atoms with Crippen molar-refractivity contribution in [3.05, 3.63) is 29.8 Å². The van der Waals surface area contributed by atoms with Crippen LogP contribution in [0.2, 0.25) is 0 Å². The topological polar surface area (TPSA) is 55.5 Å². The molecule has 0 radical (unpaired) electrons. The summed E-state index contributed by atoms with van der Waals surface area (Å²) in [6.07, 6.45) is -0.573. The van der Waals surface area contributed by atoms with E-state index < -0.39 is 6.10 Å². The van der Waals surface area contributed by atoms with Crippen LogP contribution in [-0.2, 0) is 0 Å². The van der Waals surface area contributed by atoms with Crippen LogP contribution < -0.4 is 10.5 Å². The molecule has 0 aliphatic heterocycles. The van der Waals surface area contributed by atoms with E-state index in [1.807, 2.05) is 0 Å². The number of ether oxygens (including phenoxy) is 1. The first-order valence-electron chi connectivity index (χ1n) is 3.80. The summed E-state index contributed by atoms with van der Waals surface area (Å²) in [5, 5.41) is 9.33. The Morgan fingerprint density at radius 1 is 1.38 bits per heavy atom. The van der Waals surface area contributed by atoms with Crippen molar-refractivity contribution < 1.29 is 9.84 Å². The van der Waals surface area contributed by atoms with Crippen LogP contribution in [0.1, 0.15) is 11.7 Å².